The molecule has 2 aromatic heterocycles. The van der Waals surface area contributed by atoms with Gasteiger partial charge in [-0.3, -0.25) is 9.89 Å². The largest absolute Gasteiger partial charge is 0.493 e. The second-order valence-electron chi connectivity index (χ2n) is 6.22. The van der Waals surface area contributed by atoms with Crippen LogP contribution in [-0.2, 0) is 12.1 Å². The highest BCUT2D eigenvalue weighted by Gasteiger charge is 2.62. The number of alkyl halides is 8. The maximum absolute atomic E-state index is 14.3. The van der Waals surface area contributed by atoms with Crippen molar-refractivity contribution in [2.75, 3.05) is 7.11 Å². The van der Waals surface area contributed by atoms with Crippen molar-refractivity contribution in [2.45, 2.75) is 18.3 Å². The van der Waals surface area contributed by atoms with Crippen molar-refractivity contribution in [3.05, 3.63) is 51.0 Å². The van der Waals surface area contributed by atoms with Crippen molar-refractivity contribution >= 4 is 11.6 Å². The molecule has 16 heteroatoms. The summed E-state index contributed by atoms with van der Waals surface area (Å²) in [4.78, 5) is 17.5. The van der Waals surface area contributed by atoms with Crippen molar-refractivity contribution in [3.8, 4) is 28.8 Å². The van der Waals surface area contributed by atoms with Crippen LogP contribution >= 0.6 is 11.6 Å². The van der Waals surface area contributed by atoms with E-state index in [4.69, 9.17) is 21.1 Å². The minimum absolute atomic E-state index is 0.166. The molecule has 1 aromatic carbocycles. The van der Waals surface area contributed by atoms with Gasteiger partial charge in [0.1, 0.15) is 11.4 Å². The second kappa shape index (κ2) is 8.20. The Morgan fingerprint density at radius 3 is 2.30 bits per heavy atom. The maximum atomic E-state index is 14.3. The molecule has 7 nitrogen and oxygen atoms in total. The smallest absolute Gasteiger partial charge is 0.459 e. The Bertz CT molecular complexity index is 1240. The molecule has 0 atom stereocenters. The third-order valence-corrected chi connectivity index (χ3v) is 4.38. The molecule has 0 saturated heterocycles. The van der Waals surface area contributed by atoms with Gasteiger partial charge in [0.05, 0.1) is 23.9 Å². The normalized spacial score (nSPS) is 12.7. The molecule has 0 aliphatic carbocycles. The molecule has 0 spiro atoms. The molecule has 0 aliphatic rings. The van der Waals surface area contributed by atoms with Crippen molar-refractivity contribution < 1.29 is 44.6 Å². The van der Waals surface area contributed by atoms with Crippen LogP contribution in [0.3, 0.4) is 0 Å². The summed E-state index contributed by atoms with van der Waals surface area (Å²) in [7, 11) is 1.12. The predicted molar refractivity (Wildman–Crippen MR) is 95.5 cm³/mol. The van der Waals surface area contributed by atoms with E-state index in [2.05, 4.69) is 15.2 Å². The molecule has 178 valence electrons. The Morgan fingerprint density at radius 2 is 1.73 bits per heavy atom. The SMILES string of the molecule is COc1cn[nH]c1-c1nc(C(F)(F)C(F)(F)F)c(Oc2ccc(Cl)c(C(F)(F)F)c2)c(=O)[nH]1. The van der Waals surface area contributed by atoms with E-state index >= 15 is 0 Å². The van der Waals surface area contributed by atoms with Crippen LogP contribution in [0, 0.1) is 0 Å². The number of benzene rings is 1. The molecule has 0 unspecified atom stereocenters. The first-order valence-corrected chi connectivity index (χ1v) is 8.76. The van der Waals surface area contributed by atoms with Crippen LogP contribution in [0.4, 0.5) is 35.1 Å². The van der Waals surface area contributed by atoms with E-state index in [1.165, 1.54) is 0 Å². The van der Waals surface area contributed by atoms with Crippen LogP contribution in [0.2, 0.25) is 5.02 Å². The van der Waals surface area contributed by atoms with Gasteiger partial charge in [-0.2, -0.15) is 40.2 Å². The zero-order valence-corrected chi connectivity index (χ0v) is 16.6. The van der Waals surface area contributed by atoms with Crippen LogP contribution in [0.5, 0.6) is 17.2 Å². The molecule has 0 saturated carbocycles. The van der Waals surface area contributed by atoms with Gasteiger partial charge < -0.3 is 14.5 Å². The average molecular weight is 505 g/mol. The Balaban J connectivity index is 2.23. The molecular formula is C17H9ClF8N4O3. The van der Waals surface area contributed by atoms with Gasteiger partial charge in [-0.1, -0.05) is 11.6 Å². The Labute approximate surface area is 182 Å². The molecule has 3 aromatic rings. The summed E-state index contributed by atoms with van der Waals surface area (Å²) in [5.74, 6) is -9.31. The molecule has 0 radical (unpaired) electrons. The minimum atomic E-state index is -6.24. The maximum Gasteiger partial charge on any atom is 0.459 e. The van der Waals surface area contributed by atoms with Gasteiger partial charge >= 0.3 is 18.3 Å². The zero-order valence-electron chi connectivity index (χ0n) is 15.8. The van der Waals surface area contributed by atoms with E-state index < -0.39 is 57.4 Å². The first-order valence-electron chi connectivity index (χ1n) is 8.38. The fraction of sp³-hybridized carbons (Fsp3) is 0.235. The number of hydrogen-bond donors (Lipinski definition) is 2. The van der Waals surface area contributed by atoms with Crippen LogP contribution < -0.4 is 15.0 Å². The number of nitrogens with one attached hydrogen (secondary N) is 2. The fourth-order valence-electron chi connectivity index (χ4n) is 2.52. The van der Waals surface area contributed by atoms with Crippen LogP contribution in [0.15, 0.2) is 29.2 Å². The van der Waals surface area contributed by atoms with Crippen LogP contribution in [-0.4, -0.2) is 33.5 Å². The number of halogens is 9. The van der Waals surface area contributed by atoms with Gasteiger partial charge in [0.25, 0.3) is 5.56 Å². The summed E-state index contributed by atoms with van der Waals surface area (Å²) in [5.41, 5.74) is -5.69. The highest BCUT2D eigenvalue weighted by atomic mass is 35.5. The number of hydrogen-bond acceptors (Lipinski definition) is 5. The summed E-state index contributed by atoms with van der Waals surface area (Å²) in [6, 6.07) is 1.62. The lowest BCUT2D eigenvalue weighted by Crippen LogP contribution is -2.36. The van der Waals surface area contributed by atoms with Gasteiger partial charge in [0.15, 0.2) is 17.3 Å². The van der Waals surface area contributed by atoms with Gasteiger partial charge in [-0.25, -0.2) is 4.98 Å². The number of aromatic amines is 2. The highest BCUT2D eigenvalue weighted by molar-refractivity contribution is 6.31. The predicted octanol–water partition coefficient (Wildman–Crippen LogP) is 5.29. The summed E-state index contributed by atoms with van der Waals surface area (Å²) in [6.45, 7) is 0. The van der Waals surface area contributed by atoms with Gasteiger partial charge in [-0.05, 0) is 18.2 Å². The van der Waals surface area contributed by atoms with Gasteiger partial charge in [0, 0.05) is 0 Å². The molecule has 2 heterocycles. The number of methoxy groups -OCH3 is 1. The van der Waals surface area contributed by atoms with Crippen LogP contribution in [0.1, 0.15) is 11.3 Å². The third-order valence-electron chi connectivity index (χ3n) is 4.05. The molecule has 2 N–H and O–H groups in total. The topological polar surface area (TPSA) is 92.9 Å². The lowest BCUT2D eigenvalue weighted by Gasteiger charge is -2.21. The van der Waals surface area contributed by atoms with E-state index in [1.54, 1.807) is 0 Å². The molecule has 0 aliphatic heterocycles. The Kier molecular flexibility index (Phi) is 6.04. The highest BCUT2D eigenvalue weighted by Crippen LogP contribution is 2.47. The number of aromatic nitrogens is 4. The number of ether oxygens (including phenoxy) is 2. The Morgan fingerprint density at radius 1 is 1.06 bits per heavy atom. The van der Waals surface area contributed by atoms with Crippen molar-refractivity contribution in [2.24, 2.45) is 0 Å². The second-order valence-corrected chi connectivity index (χ2v) is 6.63. The third kappa shape index (κ3) is 4.58. The molecule has 0 amide bonds. The number of rotatable bonds is 5. The molecular weight excluding hydrogens is 496 g/mol. The minimum Gasteiger partial charge on any atom is -0.493 e. The van der Waals surface area contributed by atoms with E-state index in [0.717, 1.165) is 19.4 Å². The molecule has 0 bridgehead atoms. The molecule has 33 heavy (non-hydrogen) atoms. The molecule has 3 rings (SSSR count). The first kappa shape index (κ1) is 24.3. The standard InChI is InChI=1S/C17H9ClF8N4O3/c1-32-9-5-27-30-10(9)13-28-12(15(19,20)17(24,25)26)11(14(31)29-13)33-6-2-3-8(18)7(4-6)16(21,22)23/h2-5H,1H3,(H,27,30)(H,28,29,31). The van der Waals surface area contributed by atoms with E-state index in [0.29, 0.717) is 6.07 Å². The summed E-state index contributed by atoms with van der Waals surface area (Å²) >= 11 is 5.44. The lowest BCUT2D eigenvalue weighted by atomic mass is 10.2. The number of H-pyrrole nitrogens is 2. The number of nitrogens with zero attached hydrogens (tertiary/aromatic N) is 2. The molecule has 0 fully saturated rings. The van der Waals surface area contributed by atoms with E-state index in [-0.39, 0.29) is 17.5 Å². The Hall–Kier alpha value is -3.36. The quantitative estimate of drug-likeness (QED) is 0.461. The van der Waals surface area contributed by atoms with E-state index in [9.17, 15) is 39.9 Å². The summed E-state index contributed by atoms with van der Waals surface area (Å²) < 4.78 is 117. The zero-order chi connectivity index (χ0) is 24.8. The first-order chi connectivity index (χ1) is 15.2. The average Bonchev–Trinajstić information content (AvgIpc) is 3.17. The van der Waals surface area contributed by atoms with Gasteiger partial charge in [0.2, 0.25) is 5.75 Å². The van der Waals surface area contributed by atoms with Crippen LogP contribution in [0.25, 0.3) is 11.5 Å². The lowest BCUT2D eigenvalue weighted by molar-refractivity contribution is -0.291. The van der Waals surface area contributed by atoms with Crippen molar-refractivity contribution in [1.29, 1.82) is 0 Å². The van der Waals surface area contributed by atoms with Gasteiger partial charge in [-0.15, -0.1) is 0 Å². The summed E-state index contributed by atoms with van der Waals surface area (Å²) in [5, 5.41) is 4.90. The van der Waals surface area contributed by atoms with Crippen molar-refractivity contribution in [1.82, 2.24) is 20.2 Å². The fourth-order valence-corrected chi connectivity index (χ4v) is 2.75. The monoisotopic (exact) mass is 504 g/mol. The van der Waals surface area contributed by atoms with Crippen molar-refractivity contribution in [3.63, 3.8) is 0 Å². The van der Waals surface area contributed by atoms with E-state index in [1.807, 2.05) is 4.98 Å². The summed E-state index contributed by atoms with van der Waals surface area (Å²) in [6.07, 6.45) is -10.2.